The summed E-state index contributed by atoms with van der Waals surface area (Å²) in [6.07, 6.45) is 0. The smallest absolute Gasteiger partial charge is 0.286 e. The Balaban J connectivity index is 1.91. The highest BCUT2D eigenvalue weighted by Gasteiger charge is 2.25. The summed E-state index contributed by atoms with van der Waals surface area (Å²) in [4.78, 5) is 24.0. The first-order chi connectivity index (χ1) is 15.9. The fraction of sp³-hybridized carbons (Fsp3) is 0.174. The predicted molar refractivity (Wildman–Crippen MR) is 123 cm³/mol. The van der Waals surface area contributed by atoms with Gasteiger partial charge in [-0.15, -0.1) is 0 Å². The van der Waals surface area contributed by atoms with Gasteiger partial charge >= 0.3 is 0 Å². The zero-order valence-corrected chi connectivity index (χ0v) is 18.6. The van der Waals surface area contributed by atoms with Crippen LogP contribution < -0.4 is 19.5 Å². The van der Waals surface area contributed by atoms with Gasteiger partial charge in [0.05, 0.1) is 35.4 Å². The van der Waals surface area contributed by atoms with Crippen molar-refractivity contribution < 1.29 is 28.7 Å². The molecule has 172 valence electrons. The molecule has 3 aromatic rings. The topological polar surface area (TPSA) is 109 Å². The molecule has 0 spiro atoms. The van der Waals surface area contributed by atoms with Gasteiger partial charge in [-0.25, -0.2) is 0 Å². The third-order valence-electron chi connectivity index (χ3n) is 4.46. The quantitative estimate of drug-likeness (QED) is 0.241. The molecule has 0 aliphatic heterocycles. The Hall–Kier alpha value is -3.82. The molecule has 33 heavy (non-hydrogen) atoms. The number of halogens is 1. The lowest BCUT2D eigenvalue weighted by atomic mass is 10.1. The van der Waals surface area contributed by atoms with E-state index in [1.54, 1.807) is 48.5 Å². The maximum Gasteiger partial charge on any atom is 0.286 e. The van der Waals surface area contributed by atoms with E-state index in [0.717, 1.165) is 6.07 Å². The van der Waals surface area contributed by atoms with Crippen molar-refractivity contribution >= 4 is 28.9 Å². The Kier molecular flexibility index (Phi) is 8.06. The molecular weight excluding hydrogens is 452 g/mol. The van der Waals surface area contributed by atoms with Crippen molar-refractivity contribution in [1.82, 2.24) is 0 Å². The second-order valence-corrected chi connectivity index (χ2v) is 7.01. The van der Waals surface area contributed by atoms with Crippen LogP contribution in [0.4, 0.5) is 11.4 Å². The summed E-state index contributed by atoms with van der Waals surface area (Å²) in [7, 11) is 2.88. The maximum atomic E-state index is 13.0. The van der Waals surface area contributed by atoms with E-state index in [1.807, 2.05) is 0 Å². The highest BCUT2D eigenvalue weighted by Crippen LogP contribution is 2.37. The normalized spacial score (nSPS) is 10.4. The number of nitro groups is 1. The Bertz CT molecular complexity index is 1150. The first kappa shape index (κ1) is 23.8. The number of anilines is 1. The van der Waals surface area contributed by atoms with E-state index < -0.39 is 16.5 Å². The molecule has 0 fully saturated rings. The molecule has 0 aliphatic carbocycles. The van der Waals surface area contributed by atoms with E-state index in [-0.39, 0.29) is 30.3 Å². The zero-order valence-electron chi connectivity index (χ0n) is 17.9. The largest absolute Gasteiger partial charge is 0.493 e. The van der Waals surface area contributed by atoms with E-state index in [9.17, 15) is 14.9 Å². The van der Waals surface area contributed by atoms with Gasteiger partial charge in [-0.3, -0.25) is 14.9 Å². The molecule has 3 rings (SSSR count). The summed E-state index contributed by atoms with van der Waals surface area (Å²) in [6, 6.07) is 15.9. The fourth-order valence-corrected chi connectivity index (χ4v) is 3.06. The van der Waals surface area contributed by atoms with Crippen LogP contribution in [-0.2, 0) is 4.74 Å². The van der Waals surface area contributed by atoms with E-state index in [0.29, 0.717) is 22.2 Å². The molecule has 9 nitrogen and oxygen atoms in total. The number of nitro benzene ring substituents is 1. The van der Waals surface area contributed by atoms with Crippen LogP contribution in [0.2, 0.25) is 5.02 Å². The van der Waals surface area contributed by atoms with Gasteiger partial charge in [0.2, 0.25) is 0 Å². The number of benzene rings is 3. The monoisotopic (exact) mass is 472 g/mol. The molecule has 0 heterocycles. The lowest BCUT2D eigenvalue weighted by molar-refractivity contribution is -0.385. The Labute approximate surface area is 194 Å². The molecule has 0 radical (unpaired) electrons. The number of rotatable bonds is 10. The molecule has 10 heteroatoms. The van der Waals surface area contributed by atoms with E-state index >= 15 is 0 Å². The van der Waals surface area contributed by atoms with E-state index in [2.05, 4.69) is 5.32 Å². The third-order valence-corrected chi connectivity index (χ3v) is 4.77. The number of nitrogens with one attached hydrogen (secondary N) is 1. The number of para-hydroxylation sites is 3. The average Bonchev–Trinajstić information content (AvgIpc) is 2.81. The number of ether oxygens (including phenoxy) is 4. The molecule has 0 aliphatic rings. The summed E-state index contributed by atoms with van der Waals surface area (Å²) in [5.41, 5.74) is -0.343. The van der Waals surface area contributed by atoms with Crippen LogP contribution in [0.25, 0.3) is 0 Å². The van der Waals surface area contributed by atoms with Crippen LogP contribution in [0.5, 0.6) is 23.0 Å². The molecule has 0 atom stereocenters. The number of carbonyl (C=O) groups is 1. The Morgan fingerprint density at radius 2 is 1.67 bits per heavy atom. The molecule has 1 N–H and O–H groups in total. The molecule has 0 saturated heterocycles. The lowest BCUT2D eigenvalue weighted by Gasteiger charge is -2.15. The van der Waals surface area contributed by atoms with Crippen LogP contribution in [0.15, 0.2) is 60.7 Å². The number of hydrogen-bond donors (Lipinski definition) is 1. The van der Waals surface area contributed by atoms with Gasteiger partial charge < -0.3 is 24.3 Å². The molecule has 0 unspecified atom stereocenters. The van der Waals surface area contributed by atoms with Gasteiger partial charge in [0.15, 0.2) is 17.2 Å². The zero-order chi connectivity index (χ0) is 23.8. The van der Waals surface area contributed by atoms with Crippen molar-refractivity contribution in [2.45, 2.75) is 0 Å². The third kappa shape index (κ3) is 5.91. The molecule has 0 bridgehead atoms. The van der Waals surface area contributed by atoms with Crippen molar-refractivity contribution in [3.8, 4) is 23.0 Å². The molecular formula is C23H21ClN2O7. The maximum absolute atomic E-state index is 13.0. The lowest BCUT2D eigenvalue weighted by Crippen LogP contribution is -2.15. The highest BCUT2D eigenvalue weighted by atomic mass is 35.5. The number of methoxy groups -OCH3 is 2. The van der Waals surface area contributed by atoms with Gasteiger partial charge in [0.25, 0.3) is 11.6 Å². The number of carbonyl (C=O) groups excluding carboxylic acids is 1. The Morgan fingerprint density at radius 3 is 2.33 bits per heavy atom. The van der Waals surface area contributed by atoms with Gasteiger partial charge in [-0.1, -0.05) is 35.9 Å². The summed E-state index contributed by atoms with van der Waals surface area (Å²) in [5, 5.41) is 14.7. The molecule has 0 aromatic heterocycles. The van der Waals surface area contributed by atoms with Crippen molar-refractivity contribution in [1.29, 1.82) is 0 Å². The minimum absolute atomic E-state index is 0.125. The summed E-state index contributed by atoms with van der Waals surface area (Å²) in [6.45, 7) is 0.434. The van der Waals surface area contributed by atoms with Crippen molar-refractivity contribution in [3.05, 3.63) is 81.4 Å². The highest BCUT2D eigenvalue weighted by molar-refractivity contribution is 6.32. The van der Waals surface area contributed by atoms with E-state index in [4.69, 9.17) is 30.5 Å². The number of nitrogens with zero attached hydrogens (tertiary/aromatic N) is 1. The molecule has 0 saturated carbocycles. The first-order valence-electron chi connectivity index (χ1n) is 9.75. The number of hydrogen-bond acceptors (Lipinski definition) is 7. The predicted octanol–water partition coefficient (Wildman–Crippen LogP) is 5.33. The second kappa shape index (κ2) is 11.2. The van der Waals surface area contributed by atoms with Crippen LogP contribution in [0, 0.1) is 10.1 Å². The van der Waals surface area contributed by atoms with Gasteiger partial charge in [0, 0.05) is 13.2 Å². The fourth-order valence-electron chi connectivity index (χ4n) is 2.88. The van der Waals surface area contributed by atoms with Crippen LogP contribution >= 0.6 is 11.6 Å². The number of amides is 1. The summed E-state index contributed by atoms with van der Waals surface area (Å²) in [5.74, 6) is 0.278. The van der Waals surface area contributed by atoms with Crippen molar-refractivity contribution in [2.75, 3.05) is 32.8 Å². The van der Waals surface area contributed by atoms with Gasteiger partial charge in [-0.05, 0) is 24.3 Å². The standard InChI is InChI=1S/C23H21ClN2O7/c1-30-11-12-32-22-14-18(26(28)29)15(13-21(22)31-2)23(27)25-17-8-4-6-10-20(17)33-19-9-5-3-7-16(19)24/h3-10,13-14H,11-12H2,1-2H3,(H,25,27). The molecule has 1 amide bonds. The Morgan fingerprint density at radius 1 is 0.970 bits per heavy atom. The van der Waals surface area contributed by atoms with Gasteiger partial charge in [0.1, 0.15) is 17.9 Å². The van der Waals surface area contributed by atoms with Gasteiger partial charge in [-0.2, -0.15) is 0 Å². The van der Waals surface area contributed by atoms with Crippen molar-refractivity contribution in [2.24, 2.45) is 0 Å². The molecule has 3 aromatic carbocycles. The van der Waals surface area contributed by atoms with Crippen LogP contribution in [0.3, 0.4) is 0 Å². The minimum Gasteiger partial charge on any atom is -0.493 e. The SMILES string of the molecule is COCCOc1cc([N+](=O)[O-])c(C(=O)Nc2ccccc2Oc2ccccc2Cl)cc1OC. The first-order valence-corrected chi connectivity index (χ1v) is 10.1. The van der Waals surface area contributed by atoms with Crippen LogP contribution in [-0.4, -0.2) is 38.3 Å². The van der Waals surface area contributed by atoms with E-state index in [1.165, 1.54) is 20.3 Å². The minimum atomic E-state index is -0.723. The summed E-state index contributed by atoms with van der Waals surface area (Å²) < 4.78 is 21.5. The summed E-state index contributed by atoms with van der Waals surface area (Å²) >= 11 is 6.16. The average molecular weight is 473 g/mol. The van der Waals surface area contributed by atoms with Crippen molar-refractivity contribution in [3.63, 3.8) is 0 Å². The second-order valence-electron chi connectivity index (χ2n) is 6.60. The van der Waals surface area contributed by atoms with Crippen LogP contribution in [0.1, 0.15) is 10.4 Å².